The van der Waals surface area contributed by atoms with Gasteiger partial charge in [-0.15, -0.1) is 0 Å². The van der Waals surface area contributed by atoms with Gasteiger partial charge in [0.2, 0.25) is 0 Å². The SMILES string of the molecule is COc1ccc(CC(=O)Cc2cccnc2)cc1OC. The number of benzene rings is 1. The summed E-state index contributed by atoms with van der Waals surface area (Å²) in [4.78, 5) is 16.0. The quantitative estimate of drug-likeness (QED) is 0.809. The van der Waals surface area contributed by atoms with E-state index >= 15 is 0 Å². The number of Topliss-reactive ketones (excluding diaryl/α,β-unsaturated/α-hetero) is 1. The monoisotopic (exact) mass is 271 g/mol. The Bertz CT molecular complexity index is 582. The minimum Gasteiger partial charge on any atom is -0.493 e. The molecule has 4 heteroatoms. The second kappa shape index (κ2) is 6.70. The number of methoxy groups -OCH3 is 2. The van der Waals surface area contributed by atoms with Gasteiger partial charge >= 0.3 is 0 Å². The summed E-state index contributed by atoms with van der Waals surface area (Å²) < 4.78 is 10.4. The van der Waals surface area contributed by atoms with Gasteiger partial charge in [-0.3, -0.25) is 9.78 Å². The summed E-state index contributed by atoms with van der Waals surface area (Å²) in [6.07, 6.45) is 4.17. The number of hydrogen-bond donors (Lipinski definition) is 0. The van der Waals surface area contributed by atoms with E-state index in [1.54, 1.807) is 26.6 Å². The molecular weight excluding hydrogens is 254 g/mol. The molecule has 0 saturated carbocycles. The zero-order valence-electron chi connectivity index (χ0n) is 11.6. The summed E-state index contributed by atoms with van der Waals surface area (Å²) in [6.45, 7) is 0. The number of carbonyl (C=O) groups is 1. The minimum atomic E-state index is 0.144. The fourth-order valence-corrected chi connectivity index (χ4v) is 2.01. The molecule has 0 amide bonds. The van der Waals surface area contributed by atoms with E-state index in [1.807, 2.05) is 30.3 Å². The number of hydrogen-bond acceptors (Lipinski definition) is 4. The molecule has 2 aromatic rings. The molecule has 0 N–H and O–H groups in total. The Morgan fingerprint density at radius 2 is 1.80 bits per heavy atom. The van der Waals surface area contributed by atoms with Crippen LogP contribution >= 0.6 is 0 Å². The van der Waals surface area contributed by atoms with E-state index in [2.05, 4.69) is 4.98 Å². The summed E-state index contributed by atoms with van der Waals surface area (Å²) in [5.74, 6) is 1.44. The number of pyridine rings is 1. The lowest BCUT2D eigenvalue weighted by atomic mass is 10.0. The van der Waals surface area contributed by atoms with E-state index in [0.717, 1.165) is 11.1 Å². The standard InChI is InChI=1S/C16H17NO3/c1-19-15-6-5-12(10-16(15)20-2)8-14(18)9-13-4-3-7-17-11-13/h3-7,10-11H,8-9H2,1-2H3. The van der Waals surface area contributed by atoms with Gasteiger partial charge in [-0.05, 0) is 29.3 Å². The van der Waals surface area contributed by atoms with Gasteiger partial charge in [-0.25, -0.2) is 0 Å². The lowest BCUT2D eigenvalue weighted by Gasteiger charge is -2.09. The van der Waals surface area contributed by atoms with Crippen LogP contribution in [0.15, 0.2) is 42.7 Å². The van der Waals surface area contributed by atoms with Crippen molar-refractivity contribution in [1.29, 1.82) is 0 Å². The van der Waals surface area contributed by atoms with Crippen molar-refractivity contribution >= 4 is 5.78 Å². The molecule has 0 fully saturated rings. The van der Waals surface area contributed by atoms with Crippen LogP contribution in [0.25, 0.3) is 0 Å². The van der Waals surface area contributed by atoms with Crippen LogP contribution in [-0.2, 0) is 17.6 Å². The minimum absolute atomic E-state index is 0.144. The zero-order chi connectivity index (χ0) is 14.4. The first-order valence-corrected chi connectivity index (χ1v) is 6.34. The normalized spacial score (nSPS) is 10.1. The van der Waals surface area contributed by atoms with Crippen molar-refractivity contribution in [1.82, 2.24) is 4.98 Å². The van der Waals surface area contributed by atoms with Gasteiger partial charge in [0.15, 0.2) is 11.5 Å². The van der Waals surface area contributed by atoms with E-state index in [1.165, 1.54) is 0 Å². The third-order valence-electron chi connectivity index (χ3n) is 2.97. The molecule has 0 aliphatic rings. The van der Waals surface area contributed by atoms with E-state index in [-0.39, 0.29) is 5.78 Å². The molecule has 2 rings (SSSR count). The van der Waals surface area contributed by atoms with Gasteiger partial charge < -0.3 is 9.47 Å². The molecule has 0 spiro atoms. The van der Waals surface area contributed by atoms with E-state index in [0.29, 0.717) is 24.3 Å². The van der Waals surface area contributed by atoms with Crippen LogP contribution in [-0.4, -0.2) is 25.0 Å². The highest BCUT2D eigenvalue weighted by Crippen LogP contribution is 2.27. The van der Waals surface area contributed by atoms with Crippen molar-refractivity contribution in [2.24, 2.45) is 0 Å². The molecule has 1 aromatic carbocycles. The van der Waals surface area contributed by atoms with E-state index < -0.39 is 0 Å². The van der Waals surface area contributed by atoms with Crippen LogP contribution in [0.5, 0.6) is 11.5 Å². The number of ether oxygens (including phenoxy) is 2. The van der Waals surface area contributed by atoms with Gasteiger partial charge in [0, 0.05) is 25.2 Å². The van der Waals surface area contributed by atoms with Gasteiger partial charge in [0.1, 0.15) is 5.78 Å². The average molecular weight is 271 g/mol. The fourth-order valence-electron chi connectivity index (χ4n) is 2.01. The van der Waals surface area contributed by atoms with Crippen LogP contribution in [0, 0.1) is 0 Å². The van der Waals surface area contributed by atoms with Crippen LogP contribution in [0.1, 0.15) is 11.1 Å². The van der Waals surface area contributed by atoms with Crippen molar-refractivity contribution in [2.45, 2.75) is 12.8 Å². The van der Waals surface area contributed by atoms with Crippen molar-refractivity contribution < 1.29 is 14.3 Å². The first-order chi connectivity index (χ1) is 9.72. The average Bonchev–Trinajstić information content (AvgIpc) is 2.48. The number of rotatable bonds is 6. The maximum Gasteiger partial charge on any atom is 0.161 e. The molecule has 0 bridgehead atoms. The molecule has 0 saturated heterocycles. The topological polar surface area (TPSA) is 48.4 Å². The molecule has 0 radical (unpaired) electrons. The number of aromatic nitrogens is 1. The Balaban J connectivity index is 2.04. The second-order valence-electron chi connectivity index (χ2n) is 4.44. The molecule has 1 aromatic heterocycles. The molecule has 0 atom stereocenters. The number of nitrogens with zero attached hydrogens (tertiary/aromatic N) is 1. The van der Waals surface area contributed by atoms with Crippen LogP contribution < -0.4 is 9.47 Å². The first-order valence-electron chi connectivity index (χ1n) is 6.34. The molecule has 0 aliphatic carbocycles. The highest BCUT2D eigenvalue weighted by molar-refractivity contribution is 5.83. The fraction of sp³-hybridized carbons (Fsp3) is 0.250. The largest absolute Gasteiger partial charge is 0.493 e. The summed E-state index contributed by atoms with van der Waals surface area (Å²) in [6, 6.07) is 9.26. The first kappa shape index (κ1) is 14.1. The van der Waals surface area contributed by atoms with Crippen LogP contribution in [0.2, 0.25) is 0 Å². The maximum atomic E-state index is 12.0. The summed E-state index contributed by atoms with van der Waals surface area (Å²) >= 11 is 0. The molecule has 0 unspecified atom stereocenters. The van der Waals surface area contributed by atoms with Gasteiger partial charge in [0.25, 0.3) is 0 Å². The number of carbonyl (C=O) groups excluding carboxylic acids is 1. The summed E-state index contributed by atoms with van der Waals surface area (Å²) in [5, 5.41) is 0. The molecule has 4 nitrogen and oxygen atoms in total. The van der Waals surface area contributed by atoms with Crippen molar-refractivity contribution in [3.05, 3.63) is 53.9 Å². The van der Waals surface area contributed by atoms with Crippen LogP contribution in [0.3, 0.4) is 0 Å². The predicted molar refractivity (Wildman–Crippen MR) is 76.2 cm³/mol. The third-order valence-corrected chi connectivity index (χ3v) is 2.97. The van der Waals surface area contributed by atoms with Crippen molar-refractivity contribution in [3.8, 4) is 11.5 Å². The zero-order valence-corrected chi connectivity index (χ0v) is 11.6. The smallest absolute Gasteiger partial charge is 0.161 e. The Labute approximate surface area is 118 Å². The lowest BCUT2D eigenvalue weighted by molar-refractivity contribution is -0.117. The molecule has 20 heavy (non-hydrogen) atoms. The van der Waals surface area contributed by atoms with Crippen LogP contribution in [0.4, 0.5) is 0 Å². The summed E-state index contributed by atoms with van der Waals surface area (Å²) in [7, 11) is 3.17. The van der Waals surface area contributed by atoms with Gasteiger partial charge in [0.05, 0.1) is 14.2 Å². The summed E-state index contributed by atoms with van der Waals surface area (Å²) in [5.41, 5.74) is 1.84. The molecule has 0 aliphatic heterocycles. The number of ketones is 1. The Kier molecular flexibility index (Phi) is 4.71. The van der Waals surface area contributed by atoms with Gasteiger partial charge in [-0.2, -0.15) is 0 Å². The Morgan fingerprint density at radius 1 is 1.05 bits per heavy atom. The predicted octanol–water partition coefficient (Wildman–Crippen LogP) is 2.45. The lowest BCUT2D eigenvalue weighted by Crippen LogP contribution is -2.07. The Morgan fingerprint density at radius 3 is 2.45 bits per heavy atom. The van der Waals surface area contributed by atoms with Crippen molar-refractivity contribution in [2.75, 3.05) is 14.2 Å². The van der Waals surface area contributed by atoms with Crippen molar-refractivity contribution in [3.63, 3.8) is 0 Å². The highest BCUT2D eigenvalue weighted by Gasteiger charge is 2.09. The molecule has 1 heterocycles. The second-order valence-corrected chi connectivity index (χ2v) is 4.44. The maximum absolute atomic E-state index is 12.0. The Hall–Kier alpha value is -2.36. The van der Waals surface area contributed by atoms with E-state index in [9.17, 15) is 4.79 Å². The van der Waals surface area contributed by atoms with Gasteiger partial charge in [-0.1, -0.05) is 12.1 Å². The van der Waals surface area contributed by atoms with E-state index in [4.69, 9.17) is 9.47 Å². The third kappa shape index (κ3) is 3.57. The molecular formula is C16H17NO3. The molecule has 104 valence electrons. The highest BCUT2D eigenvalue weighted by atomic mass is 16.5.